The second-order valence-corrected chi connectivity index (χ2v) is 6.57. The van der Waals surface area contributed by atoms with Gasteiger partial charge < -0.3 is 5.11 Å². The van der Waals surface area contributed by atoms with Crippen LogP contribution in [-0.2, 0) is 4.79 Å². The smallest absolute Gasteiger partial charge is 0.250 e. The fourth-order valence-corrected chi connectivity index (χ4v) is 3.18. The molecule has 1 heterocycles. The molecule has 0 radical (unpaired) electrons. The third-order valence-corrected chi connectivity index (χ3v) is 4.62. The van der Waals surface area contributed by atoms with Gasteiger partial charge in [0.25, 0.3) is 0 Å². The molecule has 1 aromatic heterocycles. The first kappa shape index (κ1) is 17.3. The van der Waals surface area contributed by atoms with Crippen molar-refractivity contribution >= 4 is 46.4 Å². The van der Waals surface area contributed by atoms with E-state index in [1.54, 1.807) is 18.3 Å². The number of hydrazone groups is 1. The summed E-state index contributed by atoms with van der Waals surface area (Å²) in [5, 5.41) is 15.0. The Hall–Kier alpha value is -2.57. The first-order valence-electron chi connectivity index (χ1n) is 7.40. The largest absolute Gasteiger partial charge is 0.507 e. The molecule has 0 bridgehead atoms. The van der Waals surface area contributed by atoms with Crippen molar-refractivity contribution in [1.29, 1.82) is 0 Å². The van der Waals surface area contributed by atoms with Gasteiger partial charge in [0, 0.05) is 27.1 Å². The van der Waals surface area contributed by atoms with E-state index < -0.39 is 0 Å². The number of carbonyl (C=O) groups excluding carboxylic acids is 1. The van der Waals surface area contributed by atoms with E-state index in [2.05, 4.69) is 15.5 Å². The van der Waals surface area contributed by atoms with Gasteiger partial charge in [-0.05, 0) is 30.3 Å². The SMILES string of the molecule is O=C(CSc1cccc2cccnc12)NN=Cc1cc(Cl)ccc1O. The number of nitrogens with zero attached hydrogens (tertiary/aromatic N) is 2. The molecule has 0 fully saturated rings. The Morgan fingerprint density at radius 3 is 3.00 bits per heavy atom. The fourth-order valence-electron chi connectivity index (χ4n) is 2.17. The molecule has 0 saturated heterocycles. The molecule has 126 valence electrons. The molecule has 0 atom stereocenters. The number of pyridine rings is 1. The van der Waals surface area contributed by atoms with Gasteiger partial charge in [-0.2, -0.15) is 5.10 Å². The van der Waals surface area contributed by atoms with Crippen LogP contribution < -0.4 is 5.43 Å². The molecule has 7 heteroatoms. The highest BCUT2D eigenvalue weighted by Gasteiger charge is 2.06. The van der Waals surface area contributed by atoms with Gasteiger partial charge in [-0.15, -0.1) is 11.8 Å². The van der Waals surface area contributed by atoms with E-state index in [1.807, 2.05) is 30.3 Å². The Balaban J connectivity index is 1.59. The number of hydrogen-bond acceptors (Lipinski definition) is 5. The summed E-state index contributed by atoms with van der Waals surface area (Å²) in [6.45, 7) is 0. The van der Waals surface area contributed by atoms with Crippen LogP contribution in [0.5, 0.6) is 5.75 Å². The molecular formula is C18H14ClN3O2S. The Morgan fingerprint density at radius 2 is 2.12 bits per heavy atom. The molecule has 1 amide bonds. The molecule has 0 aliphatic carbocycles. The number of para-hydroxylation sites is 1. The van der Waals surface area contributed by atoms with Crippen molar-refractivity contribution in [2.24, 2.45) is 5.10 Å². The first-order chi connectivity index (χ1) is 12.1. The number of phenols is 1. The molecular weight excluding hydrogens is 358 g/mol. The molecule has 3 aromatic rings. The minimum atomic E-state index is -0.254. The molecule has 2 aromatic carbocycles. The second kappa shape index (κ2) is 8.00. The number of benzene rings is 2. The molecule has 3 rings (SSSR count). The number of nitrogens with one attached hydrogen (secondary N) is 1. The van der Waals surface area contributed by atoms with E-state index in [1.165, 1.54) is 24.0 Å². The van der Waals surface area contributed by atoms with Gasteiger partial charge in [-0.1, -0.05) is 29.8 Å². The highest BCUT2D eigenvalue weighted by Crippen LogP contribution is 2.25. The lowest BCUT2D eigenvalue weighted by Crippen LogP contribution is -2.19. The van der Waals surface area contributed by atoms with Gasteiger partial charge in [0.05, 0.1) is 17.5 Å². The van der Waals surface area contributed by atoms with Crippen LogP contribution in [0.3, 0.4) is 0 Å². The van der Waals surface area contributed by atoms with Crippen LogP contribution in [0.2, 0.25) is 5.02 Å². The number of thioether (sulfide) groups is 1. The third kappa shape index (κ3) is 4.49. The van der Waals surface area contributed by atoms with Crippen molar-refractivity contribution in [3.05, 3.63) is 65.3 Å². The highest BCUT2D eigenvalue weighted by molar-refractivity contribution is 8.00. The Morgan fingerprint density at radius 1 is 1.28 bits per heavy atom. The number of carbonyl (C=O) groups is 1. The van der Waals surface area contributed by atoms with Gasteiger partial charge >= 0.3 is 0 Å². The normalized spacial score (nSPS) is 11.1. The lowest BCUT2D eigenvalue weighted by atomic mass is 10.2. The average Bonchev–Trinajstić information content (AvgIpc) is 2.63. The number of phenolic OH excluding ortho intramolecular Hbond substituents is 1. The van der Waals surface area contributed by atoms with Gasteiger partial charge in [-0.3, -0.25) is 9.78 Å². The molecule has 5 nitrogen and oxygen atoms in total. The maximum absolute atomic E-state index is 11.9. The number of rotatable bonds is 5. The summed E-state index contributed by atoms with van der Waals surface area (Å²) in [6, 6.07) is 14.3. The second-order valence-electron chi connectivity index (χ2n) is 5.12. The molecule has 25 heavy (non-hydrogen) atoms. The summed E-state index contributed by atoms with van der Waals surface area (Å²) in [4.78, 5) is 17.2. The van der Waals surface area contributed by atoms with Crippen LogP contribution in [0.25, 0.3) is 10.9 Å². The summed E-state index contributed by atoms with van der Waals surface area (Å²) in [5.41, 5.74) is 3.73. The van der Waals surface area contributed by atoms with E-state index in [0.717, 1.165) is 15.8 Å². The summed E-state index contributed by atoms with van der Waals surface area (Å²) in [6.07, 6.45) is 3.08. The number of aromatic hydroxyl groups is 1. The summed E-state index contributed by atoms with van der Waals surface area (Å²) >= 11 is 7.25. The Bertz CT molecular complexity index is 941. The first-order valence-corrected chi connectivity index (χ1v) is 8.77. The summed E-state index contributed by atoms with van der Waals surface area (Å²) in [7, 11) is 0. The van der Waals surface area contributed by atoms with Crippen molar-refractivity contribution in [2.45, 2.75) is 4.90 Å². The van der Waals surface area contributed by atoms with Crippen molar-refractivity contribution in [1.82, 2.24) is 10.4 Å². The van der Waals surface area contributed by atoms with Gasteiger partial charge in [0.1, 0.15) is 5.75 Å². The lowest BCUT2D eigenvalue weighted by molar-refractivity contribution is -0.118. The maximum atomic E-state index is 11.9. The zero-order valence-electron chi connectivity index (χ0n) is 13.0. The highest BCUT2D eigenvalue weighted by atomic mass is 35.5. The number of aromatic nitrogens is 1. The van der Waals surface area contributed by atoms with Crippen LogP contribution in [-0.4, -0.2) is 28.0 Å². The van der Waals surface area contributed by atoms with Crippen molar-refractivity contribution in [2.75, 3.05) is 5.75 Å². The molecule has 0 aliphatic rings. The monoisotopic (exact) mass is 371 g/mol. The van der Waals surface area contributed by atoms with Crippen LogP contribution in [0.4, 0.5) is 0 Å². The van der Waals surface area contributed by atoms with Crippen molar-refractivity contribution < 1.29 is 9.90 Å². The lowest BCUT2D eigenvalue weighted by Gasteiger charge is -2.04. The molecule has 0 unspecified atom stereocenters. The maximum Gasteiger partial charge on any atom is 0.250 e. The molecule has 0 spiro atoms. The van der Waals surface area contributed by atoms with E-state index in [0.29, 0.717) is 10.6 Å². The number of fused-ring (bicyclic) bond motifs is 1. The van der Waals surface area contributed by atoms with E-state index in [-0.39, 0.29) is 17.4 Å². The minimum Gasteiger partial charge on any atom is -0.507 e. The quantitative estimate of drug-likeness (QED) is 0.406. The average molecular weight is 372 g/mol. The Labute approximate surface area is 153 Å². The third-order valence-electron chi connectivity index (χ3n) is 3.34. The predicted molar refractivity (Wildman–Crippen MR) is 101 cm³/mol. The van der Waals surface area contributed by atoms with Crippen LogP contribution in [0, 0.1) is 0 Å². The number of hydrogen-bond donors (Lipinski definition) is 2. The van der Waals surface area contributed by atoms with E-state index >= 15 is 0 Å². The van der Waals surface area contributed by atoms with Crippen molar-refractivity contribution in [3.8, 4) is 5.75 Å². The summed E-state index contributed by atoms with van der Waals surface area (Å²) < 4.78 is 0. The standard InChI is InChI=1S/C18H14ClN3O2S/c19-14-6-7-15(23)13(9-14)10-21-22-17(24)11-25-16-5-1-3-12-4-2-8-20-18(12)16/h1-10,23H,11H2,(H,22,24). The van der Waals surface area contributed by atoms with Gasteiger partial charge in [0.15, 0.2) is 0 Å². The molecule has 0 saturated carbocycles. The minimum absolute atomic E-state index is 0.0404. The molecule has 2 N–H and O–H groups in total. The Kier molecular flexibility index (Phi) is 5.53. The van der Waals surface area contributed by atoms with E-state index in [9.17, 15) is 9.90 Å². The summed E-state index contributed by atoms with van der Waals surface area (Å²) in [5.74, 6) is -0.0107. The van der Waals surface area contributed by atoms with Gasteiger partial charge in [-0.25, -0.2) is 5.43 Å². The van der Waals surface area contributed by atoms with Gasteiger partial charge in [0.2, 0.25) is 5.91 Å². The number of amides is 1. The van der Waals surface area contributed by atoms with E-state index in [4.69, 9.17) is 11.6 Å². The number of halogens is 1. The van der Waals surface area contributed by atoms with Crippen LogP contribution >= 0.6 is 23.4 Å². The fraction of sp³-hybridized carbons (Fsp3) is 0.0556. The van der Waals surface area contributed by atoms with Crippen LogP contribution in [0.1, 0.15) is 5.56 Å². The predicted octanol–water partition coefficient (Wildman–Crippen LogP) is 3.84. The zero-order chi connectivity index (χ0) is 17.6. The zero-order valence-corrected chi connectivity index (χ0v) is 14.6. The molecule has 0 aliphatic heterocycles. The van der Waals surface area contributed by atoms with Crippen LogP contribution in [0.15, 0.2) is 64.7 Å². The topological polar surface area (TPSA) is 74.6 Å². The van der Waals surface area contributed by atoms with Crippen molar-refractivity contribution in [3.63, 3.8) is 0 Å².